The van der Waals surface area contributed by atoms with Crippen molar-refractivity contribution in [1.29, 1.82) is 0 Å². The number of hydroxylamine groups is 3. The fourth-order valence-corrected chi connectivity index (χ4v) is 2.74. The molecule has 3 rings (SSSR count). The maximum atomic E-state index is 5.04. The molecule has 2 fully saturated rings. The highest BCUT2D eigenvalue weighted by Crippen LogP contribution is 2.38. The van der Waals surface area contributed by atoms with Crippen LogP contribution in [0.5, 0.6) is 0 Å². The molecule has 80 valence electrons. The Morgan fingerprint density at radius 1 is 1.27 bits per heavy atom. The molecule has 1 N–H and O–H groups in total. The summed E-state index contributed by atoms with van der Waals surface area (Å²) in [4.78, 5) is 7.56. The number of rotatable bonds is 0. The van der Waals surface area contributed by atoms with Gasteiger partial charge >= 0.3 is 0 Å². The lowest BCUT2D eigenvalue weighted by Gasteiger charge is -2.25. The molecular weight excluding hydrogens is 190 g/mol. The summed E-state index contributed by atoms with van der Waals surface area (Å²) in [5.41, 5.74) is 2.79. The van der Waals surface area contributed by atoms with Crippen LogP contribution in [0.4, 0.5) is 0 Å². The molecule has 0 aliphatic carbocycles. The Labute approximate surface area is 89.8 Å². The molecule has 0 amide bonds. The predicted molar refractivity (Wildman–Crippen MR) is 55.7 cm³/mol. The van der Waals surface area contributed by atoms with Gasteiger partial charge in [0.2, 0.25) is 0 Å². The van der Waals surface area contributed by atoms with Crippen molar-refractivity contribution in [1.82, 2.24) is 15.4 Å². The highest BCUT2D eigenvalue weighted by Gasteiger charge is 2.43. The Hall–Kier alpha value is -1.18. The van der Waals surface area contributed by atoms with Gasteiger partial charge < -0.3 is 0 Å². The van der Waals surface area contributed by atoms with E-state index >= 15 is 0 Å². The van der Waals surface area contributed by atoms with Crippen LogP contribution in [0.2, 0.25) is 0 Å². The smallest absolute Gasteiger partial charge is 0.0846 e. The van der Waals surface area contributed by atoms with E-state index in [1.807, 2.05) is 0 Å². The Balaban J connectivity index is 1.77. The van der Waals surface area contributed by atoms with E-state index in [1.54, 1.807) is 12.4 Å². The minimum atomic E-state index is 0.153. The Morgan fingerprint density at radius 2 is 2.07 bits per heavy atom. The van der Waals surface area contributed by atoms with Crippen LogP contribution in [0.1, 0.15) is 25.7 Å². The van der Waals surface area contributed by atoms with Crippen molar-refractivity contribution in [3.8, 4) is 12.0 Å². The van der Waals surface area contributed by atoms with Crippen LogP contribution in [0.3, 0.4) is 0 Å². The van der Waals surface area contributed by atoms with Crippen molar-refractivity contribution >= 4 is 0 Å². The molecular formula is C11H15N3O. The second-order valence-electron chi connectivity index (χ2n) is 4.31. The van der Waals surface area contributed by atoms with Gasteiger partial charge in [-0.15, -0.1) is 4.94 Å². The van der Waals surface area contributed by atoms with Crippen LogP contribution < -0.4 is 5.48 Å². The minimum absolute atomic E-state index is 0.153. The van der Waals surface area contributed by atoms with Crippen LogP contribution in [0.25, 0.3) is 0 Å². The monoisotopic (exact) mass is 205 g/mol. The van der Waals surface area contributed by atoms with E-state index in [9.17, 15) is 0 Å². The molecule has 0 aromatic carbocycles. The first-order chi connectivity index (χ1) is 7.39. The molecule has 0 radical (unpaired) electrons. The topological polar surface area (TPSA) is 27.7 Å². The third kappa shape index (κ3) is 1.48. The summed E-state index contributed by atoms with van der Waals surface area (Å²) in [6.45, 7) is 2.42. The fourth-order valence-electron chi connectivity index (χ4n) is 2.74. The molecule has 2 saturated heterocycles. The van der Waals surface area contributed by atoms with E-state index in [2.05, 4.69) is 22.3 Å². The average molecular weight is 205 g/mol. The highest BCUT2D eigenvalue weighted by atomic mass is 16.8. The van der Waals surface area contributed by atoms with E-state index in [1.165, 1.54) is 43.8 Å². The summed E-state index contributed by atoms with van der Waals surface area (Å²) in [6, 6.07) is 3.06. The van der Waals surface area contributed by atoms with Gasteiger partial charge in [-0.2, -0.15) is 5.06 Å². The zero-order valence-corrected chi connectivity index (χ0v) is 8.70. The van der Waals surface area contributed by atoms with E-state index in [0.29, 0.717) is 0 Å². The van der Waals surface area contributed by atoms with Gasteiger partial charge in [-0.05, 0) is 38.8 Å². The number of hydrogen-bond acceptors (Lipinski definition) is 4. The molecule has 0 aromatic heterocycles. The summed E-state index contributed by atoms with van der Waals surface area (Å²) in [6.07, 6.45) is 8.51. The van der Waals surface area contributed by atoms with Crippen LogP contribution in [0, 0.1) is 12.0 Å². The predicted octanol–water partition coefficient (Wildman–Crippen LogP) is 0.799. The normalized spacial score (nSPS) is 27.3. The van der Waals surface area contributed by atoms with Gasteiger partial charge in [0.15, 0.2) is 0 Å². The Kier molecular flexibility index (Phi) is 2.08. The van der Waals surface area contributed by atoms with E-state index in [0.717, 1.165) is 0 Å². The van der Waals surface area contributed by atoms with Gasteiger partial charge in [0.1, 0.15) is 0 Å². The first-order valence-electron chi connectivity index (χ1n) is 5.55. The maximum Gasteiger partial charge on any atom is 0.0846 e. The molecule has 0 saturated carbocycles. The second kappa shape index (κ2) is 3.44. The maximum absolute atomic E-state index is 5.04. The molecule has 3 aliphatic rings. The molecule has 0 bridgehead atoms. The molecule has 15 heavy (non-hydrogen) atoms. The molecule has 0 spiro atoms. The zero-order valence-electron chi connectivity index (χ0n) is 8.70. The average Bonchev–Trinajstić information content (AvgIpc) is 2.91. The lowest BCUT2D eigenvalue weighted by Crippen LogP contribution is -2.36. The Bertz CT molecular complexity index is 331. The van der Waals surface area contributed by atoms with Gasteiger partial charge in [0, 0.05) is 12.2 Å². The SMILES string of the molecule is C(#CC12CCCN1CCC2)N1C=CNO1. The fraction of sp³-hybridized carbons (Fsp3) is 0.636. The van der Waals surface area contributed by atoms with Gasteiger partial charge in [-0.3, -0.25) is 4.90 Å². The lowest BCUT2D eigenvalue weighted by atomic mass is 9.95. The van der Waals surface area contributed by atoms with Gasteiger partial charge in [0.05, 0.1) is 11.7 Å². The lowest BCUT2D eigenvalue weighted by molar-refractivity contribution is -0.0976. The van der Waals surface area contributed by atoms with Gasteiger partial charge in [-0.25, -0.2) is 5.48 Å². The summed E-state index contributed by atoms with van der Waals surface area (Å²) >= 11 is 0. The molecule has 3 aliphatic heterocycles. The first-order valence-corrected chi connectivity index (χ1v) is 5.55. The van der Waals surface area contributed by atoms with E-state index in [4.69, 9.17) is 4.94 Å². The van der Waals surface area contributed by atoms with Crippen LogP contribution in [0.15, 0.2) is 12.4 Å². The third-order valence-electron chi connectivity index (χ3n) is 3.47. The van der Waals surface area contributed by atoms with Crippen molar-refractivity contribution in [3.63, 3.8) is 0 Å². The molecule has 0 atom stereocenters. The minimum Gasteiger partial charge on any atom is -0.287 e. The highest BCUT2D eigenvalue weighted by molar-refractivity contribution is 5.22. The standard InChI is InChI=1S/C11H15N3O/c1-3-11(4-2-8-13(11)7-1)5-9-14-10-6-12-15-14/h6,10,12H,1-4,7-8H2. The largest absolute Gasteiger partial charge is 0.287 e. The molecule has 3 heterocycles. The second-order valence-corrected chi connectivity index (χ2v) is 4.31. The zero-order chi connectivity index (χ0) is 10.1. The quantitative estimate of drug-likeness (QED) is 0.592. The summed E-state index contributed by atoms with van der Waals surface area (Å²) in [5.74, 6) is 3.38. The summed E-state index contributed by atoms with van der Waals surface area (Å²) in [7, 11) is 0. The van der Waals surface area contributed by atoms with Crippen molar-refractivity contribution in [2.75, 3.05) is 13.1 Å². The van der Waals surface area contributed by atoms with Crippen LogP contribution >= 0.6 is 0 Å². The van der Waals surface area contributed by atoms with Crippen molar-refractivity contribution in [3.05, 3.63) is 12.4 Å². The number of nitrogens with zero attached hydrogens (tertiary/aromatic N) is 2. The van der Waals surface area contributed by atoms with Crippen molar-refractivity contribution in [2.24, 2.45) is 0 Å². The van der Waals surface area contributed by atoms with E-state index < -0.39 is 0 Å². The number of nitrogens with one attached hydrogen (secondary N) is 1. The van der Waals surface area contributed by atoms with Crippen LogP contribution in [-0.2, 0) is 4.94 Å². The number of hydrogen-bond donors (Lipinski definition) is 1. The number of fused-ring (bicyclic) bond motifs is 1. The van der Waals surface area contributed by atoms with Gasteiger partial charge in [-0.1, -0.05) is 5.92 Å². The summed E-state index contributed by atoms with van der Waals surface area (Å²) < 4.78 is 0. The first kappa shape index (κ1) is 9.08. The molecule has 4 heteroatoms. The van der Waals surface area contributed by atoms with Crippen molar-refractivity contribution < 1.29 is 4.94 Å². The molecule has 0 aromatic rings. The third-order valence-corrected chi connectivity index (χ3v) is 3.47. The van der Waals surface area contributed by atoms with E-state index in [-0.39, 0.29) is 5.54 Å². The molecule has 0 unspecified atom stereocenters. The van der Waals surface area contributed by atoms with Gasteiger partial charge in [0.25, 0.3) is 0 Å². The summed E-state index contributed by atoms with van der Waals surface area (Å²) in [5, 5.41) is 1.53. The van der Waals surface area contributed by atoms with Crippen molar-refractivity contribution in [2.45, 2.75) is 31.2 Å². The molecule has 4 nitrogen and oxygen atoms in total. The Morgan fingerprint density at radius 3 is 2.73 bits per heavy atom. The van der Waals surface area contributed by atoms with Crippen LogP contribution in [-0.4, -0.2) is 28.6 Å².